The van der Waals surface area contributed by atoms with E-state index in [-0.39, 0.29) is 0 Å². The minimum Gasteiger partial charge on any atom is -0.461 e. The number of imidazole rings is 1. The number of nitrogens with zero attached hydrogens (tertiary/aromatic N) is 3. The Bertz CT molecular complexity index is 2190. The number of para-hydroxylation sites is 4. The summed E-state index contributed by atoms with van der Waals surface area (Å²) >= 11 is 0. The second-order valence-corrected chi connectivity index (χ2v) is 10.1. The highest BCUT2D eigenvalue weighted by Gasteiger charge is 2.18. The van der Waals surface area contributed by atoms with Gasteiger partial charge in [0.25, 0.3) is 0 Å². The highest BCUT2D eigenvalue weighted by Crippen LogP contribution is 2.38. The maximum Gasteiger partial charge on any atom is 0.145 e. The van der Waals surface area contributed by atoms with Crippen molar-refractivity contribution in [2.45, 2.75) is 13.8 Å². The molecule has 0 aliphatic rings. The van der Waals surface area contributed by atoms with Gasteiger partial charge in [0.05, 0.1) is 22.1 Å². The highest BCUT2D eigenvalue weighted by atomic mass is 16.3. The summed E-state index contributed by atoms with van der Waals surface area (Å²) in [6, 6.07) is 40.6. The fraction of sp³-hybridized carbons (Fsp3) is 0.0571. The van der Waals surface area contributed by atoms with E-state index in [0.29, 0.717) is 0 Å². The van der Waals surface area contributed by atoms with Gasteiger partial charge in [0.2, 0.25) is 0 Å². The third-order valence-electron chi connectivity index (χ3n) is 7.91. The van der Waals surface area contributed by atoms with Crippen molar-refractivity contribution >= 4 is 43.8 Å². The number of rotatable bonds is 3. The molecule has 0 amide bonds. The van der Waals surface area contributed by atoms with Gasteiger partial charge in [0, 0.05) is 33.1 Å². The molecule has 0 N–H and O–H groups in total. The van der Waals surface area contributed by atoms with Crippen molar-refractivity contribution in [1.82, 2.24) is 14.1 Å². The van der Waals surface area contributed by atoms with Crippen molar-refractivity contribution in [3.05, 3.63) is 127 Å². The first-order valence-corrected chi connectivity index (χ1v) is 13.2. The maximum absolute atomic E-state index is 6.11. The number of aromatic nitrogens is 3. The predicted molar refractivity (Wildman–Crippen MR) is 160 cm³/mol. The van der Waals surface area contributed by atoms with Crippen LogP contribution in [0.3, 0.4) is 0 Å². The quantitative estimate of drug-likeness (QED) is 0.241. The third kappa shape index (κ3) is 3.21. The van der Waals surface area contributed by atoms with E-state index in [1.807, 2.05) is 19.1 Å². The fourth-order valence-corrected chi connectivity index (χ4v) is 5.92. The summed E-state index contributed by atoms with van der Waals surface area (Å²) in [4.78, 5) is 5.10. The molecule has 0 fully saturated rings. The van der Waals surface area contributed by atoms with Crippen LogP contribution in [0.5, 0.6) is 0 Å². The predicted octanol–water partition coefficient (Wildman–Crippen LogP) is 9.15. The number of furan rings is 1. The van der Waals surface area contributed by atoms with Gasteiger partial charge >= 0.3 is 0 Å². The molecule has 5 aromatic carbocycles. The lowest BCUT2D eigenvalue weighted by Gasteiger charge is -2.12. The molecule has 0 saturated heterocycles. The average Bonchev–Trinajstić information content (AvgIpc) is 3.61. The molecule has 8 aromatic rings. The third-order valence-corrected chi connectivity index (χ3v) is 7.91. The Hall–Kier alpha value is -5.09. The first-order valence-electron chi connectivity index (χ1n) is 13.2. The molecule has 0 aliphatic carbocycles. The van der Waals surface area contributed by atoms with Gasteiger partial charge in [0.1, 0.15) is 17.2 Å². The molecule has 3 heterocycles. The smallest absolute Gasteiger partial charge is 0.145 e. The van der Waals surface area contributed by atoms with Gasteiger partial charge < -0.3 is 8.98 Å². The molecular weight excluding hydrogens is 478 g/mol. The lowest BCUT2D eigenvalue weighted by molar-refractivity contribution is 0.575. The number of fused-ring (bicyclic) bond motifs is 5. The molecule has 0 atom stereocenters. The van der Waals surface area contributed by atoms with Crippen molar-refractivity contribution in [2.24, 2.45) is 0 Å². The highest BCUT2D eigenvalue weighted by molar-refractivity contribution is 6.13. The fourth-order valence-electron chi connectivity index (χ4n) is 5.92. The summed E-state index contributed by atoms with van der Waals surface area (Å²) in [5, 5.41) is 3.56. The van der Waals surface area contributed by atoms with Crippen LogP contribution in [0.4, 0.5) is 0 Å². The van der Waals surface area contributed by atoms with Crippen LogP contribution < -0.4 is 0 Å². The van der Waals surface area contributed by atoms with Crippen molar-refractivity contribution in [1.29, 1.82) is 0 Å². The van der Waals surface area contributed by atoms with E-state index in [1.165, 1.54) is 27.4 Å². The zero-order valence-corrected chi connectivity index (χ0v) is 21.7. The van der Waals surface area contributed by atoms with Gasteiger partial charge in [-0.25, -0.2) is 4.98 Å². The molecule has 0 aliphatic heterocycles. The van der Waals surface area contributed by atoms with Crippen LogP contribution in [-0.4, -0.2) is 14.1 Å². The number of benzene rings is 5. The average molecular weight is 504 g/mol. The molecule has 4 nitrogen and oxygen atoms in total. The van der Waals surface area contributed by atoms with Gasteiger partial charge in [-0.3, -0.25) is 4.57 Å². The van der Waals surface area contributed by atoms with E-state index >= 15 is 0 Å². The summed E-state index contributed by atoms with van der Waals surface area (Å²) in [5.41, 5.74) is 9.79. The molecule has 4 heteroatoms. The Kier molecular flexibility index (Phi) is 4.62. The first-order chi connectivity index (χ1) is 19.2. The zero-order valence-electron chi connectivity index (χ0n) is 21.7. The molecule has 0 saturated carbocycles. The lowest BCUT2D eigenvalue weighted by Crippen LogP contribution is -1.99. The van der Waals surface area contributed by atoms with Gasteiger partial charge in [-0.1, -0.05) is 60.7 Å². The largest absolute Gasteiger partial charge is 0.461 e. The molecule has 39 heavy (non-hydrogen) atoms. The normalized spacial score (nSPS) is 11.8. The standard InChI is InChI=1S/C35H25N3O/c1-22-23(2)39-34-21-29-27-15-6-8-17-31(27)37(33(29)20-28(22)34)26-14-10-11-24(19-26)35-36-30-16-7-9-18-32(30)38(35)25-12-4-3-5-13-25/h3-21H,1-2H3. The second-order valence-electron chi connectivity index (χ2n) is 10.1. The molecule has 0 unspecified atom stereocenters. The monoisotopic (exact) mass is 503 g/mol. The molecule has 8 rings (SSSR count). The molecule has 0 bridgehead atoms. The number of hydrogen-bond donors (Lipinski definition) is 0. The van der Waals surface area contributed by atoms with Crippen LogP contribution >= 0.6 is 0 Å². The zero-order chi connectivity index (χ0) is 26.1. The molecule has 0 spiro atoms. The van der Waals surface area contributed by atoms with Crippen LogP contribution in [0.25, 0.3) is 66.6 Å². The van der Waals surface area contributed by atoms with Crippen molar-refractivity contribution in [2.75, 3.05) is 0 Å². The van der Waals surface area contributed by atoms with Gasteiger partial charge in [-0.2, -0.15) is 0 Å². The van der Waals surface area contributed by atoms with Gasteiger partial charge in [0.15, 0.2) is 0 Å². The molecule has 0 radical (unpaired) electrons. The van der Waals surface area contributed by atoms with E-state index in [9.17, 15) is 0 Å². The van der Waals surface area contributed by atoms with E-state index in [1.54, 1.807) is 0 Å². The lowest BCUT2D eigenvalue weighted by atomic mass is 10.1. The minimum atomic E-state index is 0.925. The second kappa shape index (κ2) is 8.20. The molecule has 186 valence electrons. The number of aryl methyl sites for hydroxylation is 2. The van der Waals surface area contributed by atoms with E-state index < -0.39 is 0 Å². The van der Waals surface area contributed by atoms with Crippen LogP contribution in [0, 0.1) is 13.8 Å². The number of hydrogen-bond acceptors (Lipinski definition) is 2. The Morgan fingerprint density at radius 1 is 0.564 bits per heavy atom. The summed E-state index contributed by atoms with van der Waals surface area (Å²) in [6.45, 7) is 4.17. The molecular formula is C35H25N3O. The summed E-state index contributed by atoms with van der Waals surface area (Å²) in [5.74, 6) is 1.89. The van der Waals surface area contributed by atoms with Crippen LogP contribution in [-0.2, 0) is 0 Å². The first kappa shape index (κ1) is 21.9. The Balaban J connectivity index is 1.41. The maximum atomic E-state index is 6.11. The van der Waals surface area contributed by atoms with Crippen molar-refractivity contribution in [3.8, 4) is 22.8 Å². The Morgan fingerprint density at radius 2 is 1.31 bits per heavy atom. The van der Waals surface area contributed by atoms with E-state index in [0.717, 1.165) is 50.5 Å². The van der Waals surface area contributed by atoms with Gasteiger partial charge in [-0.15, -0.1) is 0 Å². The SMILES string of the molecule is Cc1oc2cc3c4ccccc4n(-c4cccc(-c5nc6ccccc6n5-c5ccccc5)c4)c3cc2c1C. The van der Waals surface area contributed by atoms with E-state index in [2.05, 4.69) is 119 Å². The summed E-state index contributed by atoms with van der Waals surface area (Å²) < 4.78 is 10.7. The van der Waals surface area contributed by atoms with Crippen LogP contribution in [0.2, 0.25) is 0 Å². The summed E-state index contributed by atoms with van der Waals surface area (Å²) in [6.07, 6.45) is 0. The Labute approximate surface area is 225 Å². The van der Waals surface area contributed by atoms with E-state index in [4.69, 9.17) is 9.40 Å². The van der Waals surface area contributed by atoms with Crippen molar-refractivity contribution in [3.63, 3.8) is 0 Å². The molecule has 3 aromatic heterocycles. The Morgan fingerprint density at radius 3 is 2.18 bits per heavy atom. The minimum absolute atomic E-state index is 0.925. The van der Waals surface area contributed by atoms with Gasteiger partial charge in [-0.05, 0) is 74.0 Å². The van der Waals surface area contributed by atoms with Crippen LogP contribution in [0.1, 0.15) is 11.3 Å². The van der Waals surface area contributed by atoms with Crippen molar-refractivity contribution < 1.29 is 4.42 Å². The topological polar surface area (TPSA) is 35.9 Å². The van der Waals surface area contributed by atoms with Crippen LogP contribution in [0.15, 0.2) is 120 Å². The summed E-state index contributed by atoms with van der Waals surface area (Å²) in [7, 11) is 0.